The van der Waals surface area contributed by atoms with Crippen LogP contribution < -0.4 is 24.9 Å². The van der Waals surface area contributed by atoms with Crippen molar-refractivity contribution in [3.8, 4) is 28.4 Å². The van der Waals surface area contributed by atoms with E-state index < -0.39 is 11.2 Å². The zero-order valence-electron chi connectivity index (χ0n) is 18.6. The van der Waals surface area contributed by atoms with Crippen LogP contribution in [0.25, 0.3) is 22.1 Å². The highest BCUT2D eigenvalue weighted by molar-refractivity contribution is 5.92. The lowest BCUT2D eigenvalue weighted by Crippen LogP contribution is -2.99. The van der Waals surface area contributed by atoms with Crippen molar-refractivity contribution in [2.75, 3.05) is 14.2 Å². The molecule has 3 aromatic carbocycles. The molecule has 0 spiro atoms. The fourth-order valence-electron chi connectivity index (χ4n) is 3.62. The van der Waals surface area contributed by atoms with E-state index in [4.69, 9.17) is 23.8 Å². The summed E-state index contributed by atoms with van der Waals surface area (Å²) in [5.41, 5.74) is 1.04. The van der Waals surface area contributed by atoms with Gasteiger partial charge in [-0.3, -0.25) is 4.79 Å². The third-order valence-corrected chi connectivity index (χ3v) is 5.27. The van der Waals surface area contributed by atoms with E-state index in [9.17, 15) is 14.8 Å². The second-order valence-corrected chi connectivity index (χ2v) is 7.37. The predicted molar refractivity (Wildman–Crippen MR) is 123 cm³/mol. The number of fused-ring (bicyclic) bond motifs is 1. The van der Waals surface area contributed by atoms with Crippen LogP contribution >= 0.6 is 0 Å². The Morgan fingerprint density at radius 1 is 1.00 bits per heavy atom. The SMILES string of the molecule is COc1ccc(-c2c(C)oc3cc(OC(=O)c4cccc([NH+]([O-])O)c4)ccc3c2=O)cc1OC. The number of carbonyl (C=O) groups excluding carboxylic acids is 1. The third kappa shape index (κ3) is 4.35. The lowest BCUT2D eigenvalue weighted by molar-refractivity contribution is -0.991. The van der Waals surface area contributed by atoms with Crippen LogP contribution in [-0.4, -0.2) is 25.4 Å². The first-order chi connectivity index (χ1) is 16.3. The van der Waals surface area contributed by atoms with E-state index in [0.29, 0.717) is 33.8 Å². The number of hydrogen-bond acceptors (Lipinski definition) is 8. The minimum atomic E-state index is -1.15. The van der Waals surface area contributed by atoms with Gasteiger partial charge in [0.2, 0.25) is 5.43 Å². The van der Waals surface area contributed by atoms with Crippen molar-refractivity contribution in [3.05, 3.63) is 87.4 Å². The Balaban J connectivity index is 1.69. The molecule has 1 unspecified atom stereocenters. The first kappa shape index (κ1) is 23.0. The van der Waals surface area contributed by atoms with Gasteiger partial charge in [0.05, 0.1) is 30.7 Å². The first-order valence-corrected chi connectivity index (χ1v) is 10.2. The molecule has 1 aromatic heterocycles. The van der Waals surface area contributed by atoms with Crippen molar-refractivity contribution in [1.29, 1.82) is 0 Å². The van der Waals surface area contributed by atoms with Crippen molar-refractivity contribution < 1.29 is 33.9 Å². The van der Waals surface area contributed by atoms with Crippen LogP contribution in [0.5, 0.6) is 17.2 Å². The molecule has 1 atom stereocenters. The van der Waals surface area contributed by atoms with Gasteiger partial charge in [0.25, 0.3) is 0 Å². The molecule has 0 saturated carbocycles. The molecule has 2 N–H and O–H groups in total. The molecule has 9 nitrogen and oxygen atoms in total. The molecule has 0 amide bonds. The average molecular weight is 463 g/mol. The molecule has 0 aliphatic heterocycles. The molecule has 34 heavy (non-hydrogen) atoms. The largest absolute Gasteiger partial charge is 0.595 e. The summed E-state index contributed by atoms with van der Waals surface area (Å²) < 4.78 is 21.9. The van der Waals surface area contributed by atoms with E-state index in [1.165, 1.54) is 56.7 Å². The minimum absolute atomic E-state index is 0.0303. The Labute approximate surface area is 193 Å². The smallest absolute Gasteiger partial charge is 0.343 e. The second kappa shape index (κ2) is 9.36. The Kier molecular flexibility index (Phi) is 6.33. The number of nitrogens with one attached hydrogen (secondary N) is 1. The van der Waals surface area contributed by atoms with Crippen molar-refractivity contribution in [2.45, 2.75) is 6.92 Å². The van der Waals surface area contributed by atoms with Gasteiger partial charge in [-0.1, -0.05) is 12.1 Å². The summed E-state index contributed by atoms with van der Waals surface area (Å²) in [5.74, 6) is 0.813. The fourth-order valence-corrected chi connectivity index (χ4v) is 3.62. The van der Waals surface area contributed by atoms with Gasteiger partial charge in [-0.2, -0.15) is 5.23 Å². The second-order valence-electron chi connectivity index (χ2n) is 7.37. The van der Waals surface area contributed by atoms with Gasteiger partial charge in [-0.05, 0) is 42.8 Å². The molecule has 4 rings (SSSR count). The zero-order valence-corrected chi connectivity index (χ0v) is 18.6. The number of methoxy groups -OCH3 is 2. The van der Waals surface area contributed by atoms with Crippen LogP contribution in [0.2, 0.25) is 0 Å². The Morgan fingerprint density at radius 3 is 2.47 bits per heavy atom. The lowest BCUT2D eigenvalue weighted by atomic mass is 10.0. The molecule has 0 fully saturated rings. The predicted octanol–water partition coefficient (Wildman–Crippen LogP) is 3.41. The van der Waals surface area contributed by atoms with E-state index in [-0.39, 0.29) is 28.0 Å². The number of carbonyl (C=O) groups is 1. The molecule has 0 saturated heterocycles. The number of aryl methyl sites for hydroxylation is 1. The summed E-state index contributed by atoms with van der Waals surface area (Å²) in [5, 5.41) is 19.4. The van der Waals surface area contributed by atoms with Crippen molar-refractivity contribution in [2.24, 2.45) is 0 Å². The summed E-state index contributed by atoms with van der Waals surface area (Å²) in [6.07, 6.45) is 0. The van der Waals surface area contributed by atoms with E-state index in [2.05, 4.69) is 0 Å². The molecule has 0 bridgehead atoms. The monoisotopic (exact) mass is 463 g/mol. The van der Waals surface area contributed by atoms with Crippen LogP contribution in [0, 0.1) is 12.1 Å². The summed E-state index contributed by atoms with van der Waals surface area (Å²) in [4.78, 5) is 25.7. The summed E-state index contributed by atoms with van der Waals surface area (Å²) >= 11 is 0. The highest BCUT2D eigenvalue weighted by Gasteiger charge is 2.17. The number of quaternary nitrogens is 1. The third-order valence-electron chi connectivity index (χ3n) is 5.27. The lowest BCUT2D eigenvalue weighted by Gasteiger charge is -2.12. The van der Waals surface area contributed by atoms with Gasteiger partial charge in [0.1, 0.15) is 17.1 Å². The quantitative estimate of drug-likeness (QED) is 0.253. The average Bonchev–Trinajstić information content (AvgIpc) is 2.83. The first-order valence-electron chi connectivity index (χ1n) is 10.2. The Morgan fingerprint density at radius 2 is 1.76 bits per heavy atom. The summed E-state index contributed by atoms with van der Waals surface area (Å²) in [7, 11) is 3.04. The molecular formula is C25H21NO8. The standard InChI is InChI=1S/C25H21NO8/c1-14-23(15-7-10-20(31-2)22(12-15)32-3)24(27)19-9-8-18(13-21(19)33-14)34-25(28)16-5-4-6-17(11-16)26(29)30/h4-13,26,29H,1-3H3. The maximum atomic E-state index is 13.3. The highest BCUT2D eigenvalue weighted by Crippen LogP contribution is 2.33. The summed E-state index contributed by atoms with van der Waals surface area (Å²) in [6, 6.07) is 15.1. The highest BCUT2D eigenvalue weighted by atomic mass is 16.8. The Bertz CT molecular complexity index is 1440. The summed E-state index contributed by atoms with van der Waals surface area (Å²) in [6.45, 7) is 1.67. The van der Waals surface area contributed by atoms with Crippen LogP contribution in [0.4, 0.5) is 5.69 Å². The van der Waals surface area contributed by atoms with E-state index in [1.807, 2.05) is 0 Å². The number of rotatable bonds is 6. The van der Waals surface area contributed by atoms with Gasteiger partial charge >= 0.3 is 5.97 Å². The van der Waals surface area contributed by atoms with Crippen LogP contribution in [0.15, 0.2) is 69.9 Å². The topological polar surface area (TPSA) is 123 Å². The minimum Gasteiger partial charge on any atom is -0.595 e. The molecule has 0 radical (unpaired) electrons. The number of ether oxygens (including phenoxy) is 3. The number of hydrogen-bond donors (Lipinski definition) is 2. The Hall–Kier alpha value is -4.18. The number of benzene rings is 3. The normalized spacial score (nSPS) is 11.8. The van der Waals surface area contributed by atoms with Gasteiger partial charge < -0.3 is 23.8 Å². The van der Waals surface area contributed by atoms with Crippen LogP contribution in [0.1, 0.15) is 16.1 Å². The molecule has 1 heterocycles. The number of esters is 1. The van der Waals surface area contributed by atoms with Gasteiger partial charge in [-0.15, -0.1) is 0 Å². The van der Waals surface area contributed by atoms with E-state index in [1.54, 1.807) is 25.1 Å². The van der Waals surface area contributed by atoms with Crippen molar-refractivity contribution >= 4 is 22.6 Å². The van der Waals surface area contributed by atoms with Crippen LogP contribution in [0.3, 0.4) is 0 Å². The molecule has 0 aliphatic carbocycles. The molecule has 4 aromatic rings. The van der Waals surface area contributed by atoms with Gasteiger partial charge in [0, 0.05) is 18.2 Å². The van der Waals surface area contributed by atoms with E-state index in [0.717, 1.165) is 0 Å². The van der Waals surface area contributed by atoms with Gasteiger partial charge in [-0.25, -0.2) is 10.0 Å². The van der Waals surface area contributed by atoms with Gasteiger partial charge in [0.15, 0.2) is 17.2 Å². The van der Waals surface area contributed by atoms with E-state index >= 15 is 0 Å². The zero-order chi connectivity index (χ0) is 24.4. The maximum absolute atomic E-state index is 13.3. The molecule has 0 aliphatic rings. The van der Waals surface area contributed by atoms with Crippen molar-refractivity contribution in [3.63, 3.8) is 0 Å². The molecule has 9 heteroatoms. The maximum Gasteiger partial charge on any atom is 0.343 e. The fraction of sp³-hybridized carbons (Fsp3) is 0.120. The molecule has 174 valence electrons. The van der Waals surface area contributed by atoms with Crippen molar-refractivity contribution in [1.82, 2.24) is 0 Å². The van der Waals surface area contributed by atoms with Crippen LogP contribution in [-0.2, 0) is 0 Å². The molecular weight excluding hydrogens is 442 g/mol.